The third-order valence-electron chi connectivity index (χ3n) is 3.72. The van der Waals surface area contributed by atoms with Crippen LogP contribution in [0.2, 0.25) is 0 Å². The minimum absolute atomic E-state index is 0.0806. The molecule has 0 atom stereocenters. The third-order valence-corrected chi connectivity index (χ3v) is 3.72. The normalized spacial score (nSPS) is 10.4. The van der Waals surface area contributed by atoms with Crippen molar-refractivity contribution in [3.05, 3.63) is 70.1 Å². The number of benzene rings is 2. The lowest BCUT2D eigenvalue weighted by atomic mass is 10.1. The van der Waals surface area contributed by atoms with E-state index in [1.807, 2.05) is 30.3 Å². The fourth-order valence-electron chi connectivity index (χ4n) is 2.41. The van der Waals surface area contributed by atoms with E-state index in [2.05, 4.69) is 10.1 Å². The Kier molecular flexibility index (Phi) is 5.11. The zero-order chi connectivity index (χ0) is 19.4. The Hall–Kier alpha value is -3.75. The van der Waals surface area contributed by atoms with Gasteiger partial charge < -0.3 is 14.2 Å². The quantitative estimate of drug-likeness (QED) is 0.371. The van der Waals surface area contributed by atoms with Gasteiger partial charge >= 0.3 is 5.97 Å². The van der Waals surface area contributed by atoms with Crippen LogP contribution in [0.25, 0.3) is 11.4 Å². The van der Waals surface area contributed by atoms with Crippen LogP contribution < -0.4 is 4.90 Å². The van der Waals surface area contributed by atoms with E-state index in [4.69, 9.17) is 9.26 Å². The van der Waals surface area contributed by atoms with Crippen LogP contribution in [0.1, 0.15) is 16.2 Å². The van der Waals surface area contributed by atoms with Gasteiger partial charge in [-0.2, -0.15) is 4.98 Å². The van der Waals surface area contributed by atoms with E-state index in [0.717, 1.165) is 5.56 Å². The number of esters is 1. The van der Waals surface area contributed by atoms with Crippen LogP contribution in [0.3, 0.4) is 0 Å². The van der Waals surface area contributed by atoms with Gasteiger partial charge in [0.05, 0.1) is 16.2 Å². The number of non-ortho nitro benzene ring substituents is 1. The minimum Gasteiger partial charge on any atom is -0.452 e. The molecule has 1 heterocycles. The van der Waals surface area contributed by atoms with Crippen LogP contribution in [0.15, 0.2) is 53.1 Å². The third kappa shape index (κ3) is 4.09. The van der Waals surface area contributed by atoms with Crippen molar-refractivity contribution in [3.8, 4) is 11.4 Å². The monoisotopic (exact) mass is 368 g/mol. The second kappa shape index (κ2) is 7.65. The highest BCUT2D eigenvalue weighted by Crippen LogP contribution is 2.25. The average Bonchev–Trinajstić information content (AvgIpc) is 3.15. The molecule has 2 aromatic carbocycles. The van der Waals surface area contributed by atoms with Crippen molar-refractivity contribution >= 4 is 17.3 Å². The van der Waals surface area contributed by atoms with Crippen molar-refractivity contribution in [1.82, 2.24) is 10.1 Å². The summed E-state index contributed by atoms with van der Waals surface area (Å²) >= 11 is 0. The lowest BCUT2D eigenvalue weighted by Crippen LogP contribution is -2.16. The predicted octanol–water partition coefficient (Wildman–Crippen LogP) is 3.07. The highest BCUT2D eigenvalue weighted by Gasteiger charge is 2.20. The summed E-state index contributed by atoms with van der Waals surface area (Å²) in [6.07, 6.45) is 0. The van der Waals surface area contributed by atoms with Crippen molar-refractivity contribution < 1.29 is 19.0 Å². The molecule has 3 aromatic rings. The molecule has 0 fully saturated rings. The van der Waals surface area contributed by atoms with Crippen LogP contribution in [-0.2, 0) is 11.3 Å². The van der Waals surface area contributed by atoms with Gasteiger partial charge in [0.25, 0.3) is 11.6 Å². The Balaban J connectivity index is 1.75. The summed E-state index contributed by atoms with van der Waals surface area (Å²) in [6, 6.07) is 13.2. The van der Waals surface area contributed by atoms with Gasteiger partial charge in [-0.15, -0.1) is 0 Å². The van der Waals surface area contributed by atoms with Crippen LogP contribution in [0.4, 0.5) is 11.4 Å². The van der Waals surface area contributed by atoms with Crippen molar-refractivity contribution in [3.63, 3.8) is 0 Å². The van der Waals surface area contributed by atoms with Gasteiger partial charge in [-0.1, -0.05) is 35.5 Å². The van der Waals surface area contributed by atoms with Crippen LogP contribution >= 0.6 is 0 Å². The zero-order valence-corrected chi connectivity index (χ0v) is 14.7. The van der Waals surface area contributed by atoms with Crippen LogP contribution in [0, 0.1) is 10.1 Å². The SMILES string of the molecule is CN(C)c1ccc([N+](=O)[O-])cc1C(=O)OCc1nc(-c2ccccc2)no1. The second-order valence-electron chi connectivity index (χ2n) is 5.81. The topological polar surface area (TPSA) is 112 Å². The summed E-state index contributed by atoms with van der Waals surface area (Å²) in [5, 5.41) is 14.8. The first kappa shape index (κ1) is 18.1. The van der Waals surface area contributed by atoms with Gasteiger partial charge in [-0.3, -0.25) is 10.1 Å². The molecule has 1 aromatic heterocycles. The number of aromatic nitrogens is 2. The molecule has 3 rings (SSSR count). The number of nitro benzene ring substituents is 1. The van der Waals surface area contributed by atoms with E-state index in [0.29, 0.717) is 11.5 Å². The van der Waals surface area contributed by atoms with E-state index in [1.165, 1.54) is 18.2 Å². The lowest BCUT2D eigenvalue weighted by Gasteiger charge is -2.16. The Morgan fingerprint density at radius 1 is 1.22 bits per heavy atom. The van der Waals surface area contributed by atoms with E-state index < -0.39 is 10.9 Å². The van der Waals surface area contributed by atoms with Crippen molar-refractivity contribution in [2.75, 3.05) is 19.0 Å². The maximum absolute atomic E-state index is 12.4. The molecule has 9 nitrogen and oxygen atoms in total. The molecule has 0 spiro atoms. The minimum atomic E-state index is -0.720. The van der Waals surface area contributed by atoms with Gasteiger partial charge in [0.1, 0.15) is 0 Å². The van der Waals surface area contributed by atoms with Crippen LogP contribution in [0.5, 0.6) is 0 Å². The zero-order valence-electron chi connectivity index (χ0n) is 14.7. The number of rotatable bonds is 6. The number of nitro groups is 1. The molecule has 9 heteroatoms. The van der Waals surface area contributed by atoms with E-state index in [-0.39, 0.29) is 23.7 Å². The van der Waals surface area contributed by atoms with Crippen molar-refractivity contribution in [2.45, 2.75) is 6.61 Å². The molecule has 0 amide bonds. The first-order valence-electron chi connectivity index (χ1n) is 7.96. The fraction of sp³-hybridized carbons (Fsp3) is 0.167. The molecule has 0 radical (unpaired) electrons. The Bertz CT molecular complexity index is 969. The molecule has 0 bridgehead atoms. The number of carbonyl (C=O) groups is 1. The molecule has 0 unspecified atom stereocenters. The van der Waals surface area contributed by atoms with Crippen molar-refractivity contribution in [1.29, 1.82) is 0 Å². The molecule has 27 heavy (non-hydrogen) atoms. The molecule has 0 saturated heterocycles. The standard InChI is InChI=1S/C18H16N4O5/c1-21(2)15-9-8-13(22(24)25)10-14(15)18(23)26-11-16-19-17(20-27-16)12-6-4-3-5-7-12/h3-10H,11H2,1-2H3. The Morgan fingerprint density at radius 3 is 2.63 bits per heavy atom. The smallest absolute Gasteiger partial charge is 0.341 e. The molecular weight excluding hydrogens is 352 g/mol. The predicted molar refractivity (Wildman–Crippen MR) is 96.3 cm³/mol. The first-order valence-corrected chi connectivity index (χ1v) is 7.96. The highest BCUT2D eigenvalue weighted by atomic mass is 16.6. The molecule has 0 aliphatic heterocycles. The summed E-state index contributed by atoms with van der Waals surface area (Å²) in [4.78, 5) is 28.7. The Labute approximate surface area is 154 Å². The maximum atomic E-state index is 12.4. The number of nitrogens with zero attached hydrogens (tertiary/aromatic N) is 4. The van der Waals surface area contributed by atoms with Gasteiger partial charge in [0.2, 0.25) is 5.82 Å². The largest absolute Gasteiger partial charge is 0.452 e. The van der Waals surface area contributed by atoms with Gasteiger partial charge in [0, 0.05) is 31.8 Å². The number of anilines is 1. The van der Waals surface area contributed by atoms with Crippen LogP contribution in [-0.4, -0.2) is 35.1 Å². The molecular formula is C18H16N4O5. The van der Waals surface area contributed by atoms with E-state index in [1.54, 1.807) is 19.0 Å². The maximum Gasteiger partial charge on any atom is 0.341 e. The average molecular weight is 368 g/mol. The highest BCUT2D eigenvalue weighted by molar-refractivity contribution is 5.96. The first-order chi connectivity index (χ1) is 13.0. The number of hydrogen-bond donors (Lipinski definition) is 0. The van der Waals surface area contributed by atoms with Gasteiger partial charge in [0.15, 0.2) is 6.61 Å². The van der Waals surface area contributed by atoms with E-state index in [9.17, 15) is 14.9 Å². The van der Waals surface area contributed by atoms with Crippen molar-refractivity contribution in [2.24, 2.45) is 0 Å². The van der Waals surface area contributed by atoms with Gasteiger partial charge in [-0.05, 0) is 6.07 Å². The number of hydrogen-bond acceptors (Lipinski definition) is 8. The molecule has 0 saturated carbocycles. The second-order valence-corrected chi connectivity index (χ2v) is 5.81. The molecule has 0 aliphatic rings. The van der Waals surface area contributed by atoms with E-state index >= 15 is 0 Å². The summed E-state index contributed by atoms with van der Waals surface area (Å²) < 4.78 is 10.3. The summed E-state index contributed by atoms with van der Waals surface area (Å²) in [6.45, 7) is -0.242. The molecule has 138 valence electrons. The summed E-state index contributed by atoms with van der Waals surface area (Å²) in [7, 11) is 3.45. The summed E-state index contributed by atoms with van der Waals surface area (Å²) in [5.74, 6) is -0.216. The lowest BCUT2D eigenvalue weighted by molar-refractivity contribution is -0.384. The molecule has 0 aliphatic carbocycles. The summed E-state index contributed by atoms with van der Waals surface area (Å²) in [5.41, 5.74) is 1.15. The number of ether oxygens (including phenoxy) is 1. The fourth-order valence-corrected chi connectivity index (χ4v) is 2.41. The number of carbonyl (C=O) groups excluding carboxylic acids is 1. The van der Waals surface area contributed by atoms with Gasteiger partial charge in [-0.25, -0.2) is 4.79 Å². The Morgan fingerprint density at radius 2 is 1.96 bits per heavy atom. The molecule has 0 N–H and O–H groups in total.